The summed E-state index contributed by atoms with van der Waals surface area (Å²) in [6, 6.07) is 3.54. The van der Waals surface area contributed by atoms with Gasteiger partial charge in [0.1, 0.15) is 6.26 Å². The molecule has 0 aliphatic rings. The third kappa shape index (κ3) is 1.21. The van der Waals surface area contributed by atoms with E-state index < -0.39 is 0 Å². The molecule has 0 saturated heterocycles. The van der Waals surface area contributed by atoms with Crippen LogP contribution in [0.4, 0.5) is 0 Å². The van der Waals surface area contributed by atoms with Gasteiger partial charge in [0.05, 0.1) is 17.5 Å². The first kappa shape index (κ1) is 7.94. The van der Waals surface area contributed by atoms with Crippen LogP contribution >= 0.6 is 0 Å². The van der Waals surface area contributed by atoms with Gasteiger partial charge >= 0.3 is 0 Å². The van der Waals surface area contributed by atoms with E-state index in [1.807, 2.05) is 0 Å². The zero-order valence-electron chi connectivity index (χ0n) is 6.86. The average Bonchev–Trinajstić information content (AvgIpc) is 2.60. The molecule has 2 heterocycles. The molecule has 0 spiro atoms. The maximum Gasteiger partial charge on any atom is 0.226 e. The topological polar surface area (TPSA) is 69.1 Å². The van der Waals surface area contributed by atoms with Crippen molar-refractivity contribution in [1.29, 1.82) is 0 Å². The lowest BCUT2D eigenvalue weighted by atomic mass is 10.1. The quantitative estimate of drug-likeness (QED) is 0.692. The molecular weight excluding hydrogens is 168 g/mol. The number of carbonyl (C=O) groups excluding carboxylic acids is 1. The summed E-state index contributed by atoms with van der Waals surface area (Å²) in [5.74, 6) is -0.133. The first-order valence-electron chi connectivity index (χ1n) is 3.88. The lowest BCUT2D eigenvalue weighted by Crippen LogP contribution is -2.12. The first-order chi connectivity index (χ1) is 6.33. The van der Waals surface area contributed by atoms with Crippen molar-refractivity contribution < 1.29 is 9.21 Å². The fraction of sp³-hybridized carbons (Fsp3) is 0.111. The van der Waals surface area contributed by atoms with Gasteiger partial charge in [-0.15, -0.1) is 0 Å². The summed E-state index contributed by atoms with van der Waals surface area (Å²) in [6.45, 7) is -0.0104. The predicted molar refractivity (Wildman–Crippen MR) is 47.4 cm³/mol. The average molecular weight is 176 g/mol. The van der Waals surface area contributed by atoms with Crippen LogP contribution in [0, 0.1) is 0 Å². The van der Waals surface area contributed by atoms with Crippen LogP contribution in [0.1, 0.15) is 10.4 Å². The molecule has 0 bridgehead atoms. The Kier molecular flexibility index (Phi) is 1.83. The standard InChI is InChI=1S/C9H8N2O2/c10-4-8(12)7-5-13-9-6(7)2-1-3-11-9/h1-3,5H,4,10H2. The summed E-state index contributed by atoms with van der Waals surface area (Å²) in [4.78, 5) is 15.2. The molecule has 2 aromatic heterocycles. The molecule has 2 aromatic rings. The summed E-state index contributed by atoms with van der Waals surface area (Å²) in [5.41, 5.74) is 6.22. The van der Waals surface area contributed by atoms with E-state index in [1.165, 1.54) is 6.26 Å². The molecule has 0 aliphatic heterocycles. The number of fused-ring (bicyclic) bond motifs is 1. The van der Waals surface area contributed by atoms with Crippen LogP contribution in [0.3, 0.4) is 0 Å². The highest BCUT2D eigenvalue weighted by Gasteiger charge is 2.11. The number of ketones is 1. The largest absolute Gasteiger partial charge is 0.445 e. The van der Waals surface area contributed by atoms with Gasteiger partial charge in [0.15, 0.2) is 5.78 Å². The van der Waals surface area contributed by atoms with Gasteiger partial charge in [0.25, 0.3) is 0 Å². The van der Waals surface area contributed by atoms with E-state index in [9.17, 15) is 4.79 Å². The number of rotatable bonds is 2. The second kappa shape index (κ2) is 2.99. The summed E-state index contributed by atoms with van der Waals surface area (Å²) < 4.78 is 5.08. The first-order valence-corrected chi connectivity index (χ1v) is 3.88. The molecule has 0 aliphatic carbocycles. The van der Waals surface area contributed by atoms with Crippen molar-refractivity contribution in [2.45, 2.75) is 0 Å². The molecule has 4 nitrogen and oxygen atoms in total. The Labute approximate surface area is 74.4 Å². The van der Waals surface area contributed by atoms with Crippen LogP contribution in [0.25, 0.3) is 11.1 Å². The van der Waals surface area contributed by atoms with Gasteiger partial charge in [0.2, 0.25) is 5.71 Å². The van der Waals surface area contributed by atoms with E-state index in [1.54, 1.807) is 18.3 Å². The number of Topliss-reactive ketones (excluding diaryl/α,β-unsaturated/α-hetero) is 1. The molecule has 2 rings (SSSR count). The molecule has 66 valence electrons. The van der Waals surface area contributed by atoms with Crippen molar-refractivity contribution in [2.75, 3.05) is 6.54 Å². The maximum atomic E-state index is 11.3. The Morgan fingerprint density at radius 1 is 1.62 bits per heavy atom. The second-order valence-electron chi connectivity index (χ2n) is 2.63. The van der Waals surface area contributed by atoms with E-state index in [4.69, 9.17) is 10.2 Å². The van der Waals surface area contributed by atoms with Crippen LogP contribution < -0.4 is 5.73 Å². The molecule has 0 radical (unpaired) electrons. The minimum absolute atomic E-state index is 0.0104. The maximum absolute atomic E-state index is 11.3. The highest BCUT2D eigenvalue weighted by Crippen LogP contribution is 2.18. The fourth-order valence-electron chi connectivity index (χ4n) is 1.19. The number of furan rings is 1. The minimum Gasteiger partial charge on any atom is -0.445 e. The van der Waals surface area contributed by atoms with Crippen molar-refractivity contribution in [2.24, 2.45) is 5.73 Å². The highest BCUT2D eigenvalue weighted by molar-refractivity contribution is 6.07. The van der Waals surface area contributed by atoms with Gasteiger partial charge in [-0.3, -0.25) is 4.79 Å². The summed E-state index contributed by atoms with van der Waals surface area (Å²) in [6.07, 6.45) is 3.01. The Bertz CT molecular complexity index is 448. The summed E-state index contributed by atoms with van der Waals surface area (Å²) in [7, 11) is 0. The van der Waals surface area contributed by atoms with E-state index in [-0.39, 0.29) is 12.3 Å². The summed E-state index contributed by atoms with van der Waals surface area (Å²) >= 11 is 0. The third-order valence-corrected chi connectivity index (χ3v) is 1.84. The lowest BCUT2D eigenvalue weighted by Gasteiger charge is -1.91. The van der Waals surface area contributed by atoms with E-state index in [0.717, 1.165) is 5.39 Å². The third-order valence-electron chi connectivity index (χ3n) is 1.84. The van der Waals surface area contributed by atoms with Crippen LogP contribution in [-0.2, 0) is 0 Å². The van der Waals surface area contributed by atoms with Gasteiger partial charge < -0.3 is 10.2 Å². The highest BCUT2D eigenvalue weighted by atomic mass is 16.3. The molecule has 0 aromatic carbocycles. The number of nitrogens with zero attached hydrogens (tertiary/aromatic N) is 1. The molecule has 0 saturated carbocycles. The molecule has 0 fully saturated rings. The number of pyridine rings is 1. The van der Waals surface area contributed by atoms with Crippen LogP contribution in [-0.4, -0.2) is 17.3 Å². The number of hydrogen-bond acceptors (Lipinski definition) is 4. The predicted octanol–water partition coefficient (Wildman–Crippen LogP) is 0.969. The number of aromatic nitrogens is 1. The van der Waals surface area contributed by atoms with Gasteiger partial charge in [-0.25, -0.2) is 4.98 Å². The van der Waals surface area contributed by atoms with Crippen LogP contribution in [0.5, 0.6) is 0 Å². The molecule has 0 atom stereocenters. The fourth-order valence-corrected chi connectivity index (χ4v) is 1.19. The van der Waals surface area contributed by atoms with Crippen LogP contribution in [0.2, 0.25) is 0 Å². The van der Waals surface area contributed by atoms with Gasteiger partial charge in [-0.1, -0.05) is 0 Å². The van der Waals surface area contributed by atoms with E-state index in [0.29, 0.717) is 11.3 Å². The van der Waals surface area contributed by atoms with Crippen molar-refractivity contribution >= 4 is 16.9 Å². The van der Waals surface area contributed by atoms with Crippen molar-refractivity contribution in [3.05, 3.63) is 30.2 Å². The van der Waals surface area contributed by atoms with Gasteiger partial charge in [-0.05, 0) is 12.1 Å². The normalized spacial score (nSPS) is 10.5. The molecule has 0 amide bonds. The molecule has 2 N–H and O–H groups in total. The Morgan fingerprint density at radius 2 is 2.46 bits per heavy atom. The lowest BCUT2D eigenvalue weighted by molar-refractivity contribution is 0.100. The monoisotopic (exact) mass is 176 g/mol. The Hall–Kier alpha value is -1.68. The number of nitrogens with two attached hydrogens (primary N) is 1. The zero-order valence-corrected chi connectivity index (χ0v) is 6.86. The Morgan fingerprint density at radius 3 is 3.23 bits per heavy atom. The van der Waals surface area contributed by atoms with Crippen LogP contribution in [0.15, 0.2) is 29.0 Å². The molecule has 4 heteroatoms. The van der Waals surface area contributed by atoms with Crippen molar-refractivity contribution in [3.8, 4) is 0 Å². The second-order valence-corrected chi connectivity index (χ2v) is 2.63. The SMILES string of the molecule is NCC(=O)c1coc2ncccc12. The Balaban J connectivity index is 2.64. The number of hydrogen-bond donors (Lipinski definition) is 1. The van der Waals surface area contributed by atoms with E-state index >= 15 is 0 Å². The molecule has 13 heavy (non-hydrogen) atoms. The van der Waals surface area contributed by atoms with Crippen molar-refractivity contribution in [3.63, 3.8) is 0 Å². The minimum atomic E-state index is -0.133. The number of carbonyl (C=O) groups is 1. The van der Waals surface area contributed by atoms with Gasteiger partial charge in [0, 0.05) is 6.20 Å². The molecular formula is C9H8N2O2. The van der Waals surface area contributed by atoms with Gasteiger partial charge in [-0.2, -0.15) is 0 Å². The summed E-state index contributed by atoms with van der Waals surface area (Å²) in [5, 5.41) is 0.720. The molecule has 0 unspecified atom stereocenters. The smallest absolute Gasteiger partial charge is 0.226 e. The zero-order chi connectivity index (χ0) is 9.26. The van der Waals surface area contributed by atoms with E-state index in [2.05, 4.69) is 4.98 Å². The van der Waals surface area contributed by atoms with Crippen molar-refractivity contribution in [1.82, 2.24) is 4.98 Å².